The van der Waals surface area contributed by atoms with Gasteiger partial charge in [-0.05, 0) is 52.9 Å². The summed E-state index contributed by atoms with van der Waals surface area (Å²) in [4.78, 5) is 5.33. The summed E-state index contributed by atoms with van der Waals surface area (Å²) < 4.78 is 0. The van der Waals surface area contributed by atoms with Gasteiger partial charge in [0.15, 0.2) is 0 Å². The van der Waals surface area contributed by atoms with Gasteiger partial charge in [-0.25, -0.2) is 0 Å². The highest BCUT2D eigenvalue weighted by Gasteiger charge is 2.44. The lowest BCUT2D eigenvalue weighted by Gasteiger charge is -2.34. The summed E-state index contributed by atoms with van der Waals surface area (Å²) in [6.07, 6.45) is 3.31. The molecule has 132 valence electrons. The van der Waals surface area contributed by atoms with Crippen LogP contribution in [-0.2, 0) is 0 Å². The van der Waals surface area contributed by atoms with E-state index in [9.17, 15) is 0 Å². The van der Waals surface area contributed by atoms with Crippen LogP contribution in [0.15, 0.2) is 74.9 Å². The van der Waals surface area contributed by atoms with E-state index in [1.807, 2.05) is 23.1 Å². The molecule has 5 heteroatoms. The number of piperidine rings is 1. The first-order valence-corrected chi connectivity index (χ1v) is 10.8. The summed E-state index contributed by atoms with van der Waals surface area (Å²) in [5.74, 6) is 0.413. The van der Waals surface area contributed by atoms with Crippen molar-refractivity contribution in [1.29, 1.82) is 0 Å². The van der Waals surface area contributed by atoms with Gasteiger partial charge in [0.25, 0.3) is 0 Å². The van der Waals surface area contributed by atoms with E-state index in [4.69, 9.17) is 5.10 Å². The number of hydrogen-bond acceptors (Lipinski definition) is 5. The zero-order valence-electron chi connectivity index (χ0n) is 14.7. The maximum Gasteiger partial charge on any atom is 0.0964 e. The number of hydrazone groups is 1. The summed E-state index contributed by atoms with van der Waals surface area (Å²) in [7, 11) is 2.24. The third kappa shape index (κ3) is 2.75. The highest BCUT2D eigenvalue weighted by molar-refractivity contribution is 8.06. The highest BCUT2D eigenvalue weighted by Crippen LogP contribution is 2.46. The van der Waals surface area contributed by atoms with Crippen molar-refractivity contribution in [2.24, 2.45) is 11.0 Å². The Bertz CT molecular complexity index is 873. The summed E-state index contributed by atoms with van der Waals surface area (Å²) in [5.41, 5.74) is 3.92. The number of benzene rings is 1. The molecule has 0 amide bonds. The average molecular weight is 380 g/mol. The number of likely N-dealkylation sites (N-methyl/N-ethyl adjacent to an activating group) is 1. The second-order valence-electron chi connectivity index (χ2n) is 7.02. The lowest BCUT2D eigenvalue weighted by Crippen LogP contribution is -2.42. The Morgan fingerprint density at radius 2 is 2.00 bits per heavy atom. The molecule has 0 N–H and O–H groups in total. The molecule has 1 fully saturated rings. The van der Waals surface area contributed by atoms with Gasteiger partial charge in [0.1, 0.15) is 0 Å². The number of likely N-dealkylation sites (tertiary alicyclic amines) is 1. The highest BCUT2D eigenvalue weighted by atomic mass is 32.2. The Labute approximate surface area is 162 Å². The van der Waals surface area contributed by atoms with Crippen LogP contribution in [0.4, 0.5) is 5.69 Å². The topological polar surface area (TPSA) is 18.8 Å². The van der Waals surface area contributed by atoms with Crippen molar-refractivity contribution in [2.75, 3.05) is 25.1 Å². The number of allylic oxidation sites excluding steroid dienone is 2. The summed E-state index contributed by atoms with van der Waals surface area (Å²) in [5, 5.41) is 11.9. The monoisotopic (exact) mass is 379 g/mol. The zero-order valence-corrected chi connectivity index (χ0v) is 16.3. The third-order valence-electron chi connectivity index (χ3n) is 5.26. The van der Waals surface area contributed by atoms with Gasteiger partial charge in [-0.1, -0.05) is 30.3 Å². The lowest BCUT2D eigenvalue weighted by molar-refractivity contribution is 0.303. The van der Waals surface area contributed by atoms with E-state index < -0.39 is 0 Å². The second kappa shape index (κ2) is 6.72. The molecule has 5 rings (SSSR count). The van der Waals surface area contributed by atoms with Crippen LogP contribution >= 0.6 is 23.1 Å². The minimum absolute atomic E-state index is 0.283. The Morgan fingerprint density at radius 1 is 1.12 bits per heavy atom. The Kier molecular flexibility index (Phi) is 4.23. The minimum atomic E-state index is 0.283. The van der Waals surface area contributed by atoms with Crippen LogP contribution in [0.3, 0.4) is 0 Å². The first-order valence-electron chi connectivity index (χ1n) is 9.00. The zero-order chi connectivity index (χ0) is 17.5. The molecule has 0 radical (unpaired) electrons. The van der Waals surface area contributed by atoms with Crippen molar-refractivity contribution in [3.05, 3.63) is 74.7 Å². The lowest BCUT2D eigenvalue weighted by atomic mass is 9.85. The van der Waals surface area contributed by atoms with Crippen molar-refractivity contribution >= 4 is 34.5 Å². The molecule has 2 aromatic rings. The van der Waals surface area contributed by atoms with Gasteiger partial charge >= 0.3 is 0 Å². The van der Waals surface area contributed by atoms with Crippen molar-refractivity contribution < 1.29 is 0 Å². The molecule has 1 aromatic carbocycles. The van der Waals surface area contributed by atoms with E-state index in [0.717, 1.165) is 19.5 Å². The van der Waals surface area contributed by atoms with Crippen LogP contribution in [0, 0.1) is 5.92 Å². The first kappa shape index (κ1) is 16.4. The minimum Gasteiger partial charge on any atom is -0.301 e. The molecule has 0 spiro atoms. The molecule has 0 saturated carbocycles. The standard InChI is InChI=1S/C21H21N3S2/c1-23-13-16(18-9-5-11-25-18)20-17(14-23)21(19-10-6-12-26-19)24(22-20)15-7-3-2-4-8-15/h2-8,10-12,17,21H,9,13-14H2,1H3/b18-16+. The molecule has 3 aliphatic heterocycles. The molecule has 4 heterocycles. The normalized spacial score (nSPS) is 28.5. The van der Waals surface area contributed by atoms with Crippen molar-refractivity contribution in [1.82, 2.24) is 4.90 Å². The third-order valence-corrected chi connectivity index (χ3v) is 7.23. The smallest absolute Gasteiger partial charge is 0.0964 e. The van der Waals surface area contributed by atoms with E-state index in [1.165, 1.54) is 26.8 Å². The van der Waals surface area contributed by atoms with E-state index in [-0.39, 0.29) is 6.04 Å². The number of thioether (sulfide) groups is 1. The maximum atomic E-state index is 5.21. The summed E-state index contributed by atoms with van der Waals surface area (Å²) in [6.45, 7) is 2.05. The molecule has 2 unspecified atom stereocenters. The van der Waals surface area contributed by atoms with Crippen LogP contribution in [0.5, 0.6) is 0 Å². The number of thiophene rings is 1. The maximum absolute atomic E-state index is 5.21. The van der Waals surface area contributed by atoms with E-state index in [1.54, 1.807) is 0 Å². The predicted octanol–water partition coefficient (Wildman–Crippen LogP) is 5.13. The largest absolute Gasteiger partial charge is 0.301 e. The number of para-hydroxylation sites is 1. The molecule has 1 aromatic heterocycles. The van der Waals surface area contributed by atoms with Crippen LogP contribution in [0.25, 0.3) is 0 Å². The van der Waals surface area contributed by atoms with Gasteiger partial charge in [0.05, 0.1) is 17.4 Å². The molecular formula is C21H21N3S2. The quantitative estimate of drug-likeness (QED) is 0.721. The predicted molar refractivity (Wildman–Crippen MR) is 113 cm³/mol. The van der Waals surface area contributed by atoms with Crippen molar-refractivity contribution in [2.45, 2.75) is 12.5 Å². The van der Waals surface area contributed by atoms with E-state index in [2.05, 4.69) is 76.3 Å². The molecule has 0 aliphatic carbocycles. The Hall–Kier alpha value is -1.82. The van der Waals surface area contributed by atoms with Crippen LogP contribution in [0.2, 0.25) is 0 Å². The van der Waals surface area contributed by atoms with Crippen molar-refractivity contribution in [3.8, 4) is 0 Å². The Balaban J connectivity index is 1.63. The average Bonchev–Trinajstić information content (AvgIpc) is 3.41. The second-order valence-corrected chi connectivity index (χ2v) is 9.00. The molecule has 0 bridgehead atoms. The van der Waals surface area contributed by atoms with Gasteiger partial charge in [-0.15, -0.1) is 23.1 Å². The number of hydrogen-bond donors (Lipinski definition) is 0. The number of rotatable bonds is 2. The molecule has 1 saturated heterocycles. The van der Waals surface area contributed by atoms with Gasteiger partial charge < -0.3 is 4.90 Å². The first-order chi connectivity index (χ1) is 12.8. The molecule has 3 nitrogen and oxygen atoms in total. The fourth-order valence-corrected chi connectivity index (χ4v) is 5.87. The van der Waals surface area contributed by atoms with Gasteiger partial charge in [0, 0.05) is 23.9 Å². The fraction of sp³-hybridized carbons (Fsp3) is 0.286. The molecule has 3 aliphatic rings. The summed E-state index contributed by atoms with van der Waals surface area (Å²) in [6, 6.07) is 15.3. The molecule has 26 heavy (non-hydrogen) atoms. The number of nitrogens with zero attached hydrogens (tertiary/aromatic N) is 3. The number of fused-ring (bicyclic) bond motifs is 1. The van der Waals surface area contributed by atoms with Crippen molar-refractivity contribution in [3.63, 3.8) is 0 Å². The van der Waals surface area contributed by atoms with Crippen LogP contribution in [0.1, 0.15) is 17.3 Å². The van der Waals surface area contributed by atoms with Gasteiger partial charge in [-0.2, -0.15) is 5.10 Å². The SMILES string of the molecule is CN1C/C(=C2/CC=CS2)C2=NN(c3ccccc3)C(c3cccs3)C2C1. The van der Waals surface area contributed by atoms with Crippen LogP contribution < -0.4 is 5.01 Å². The molecular weight excluding hydrogens is 358 g/mol. The Morgan fingerprint density at radius 3 is 2.73 bits per heavy atom. The summed E-state index contributed by atoms with van der Waals surface area (Å²) >= 11 is 3.71. The van der Waals surface area contributed by atoms with Crippen LogP contribution in [-0.4, -0.2) is 30.7 Å². The van der Waals surface area contributed by atoms with E-state index in [0.29, 0.717) is 5.92 Å². The van der Waals surface area contributed by atoms with Gasteiger partial charge in [-0.3, -0.25) is 5.01 Å². The fourth-order valence-electron chi connectivity index (χ4n) is 4.13. The molecule has 2 atom stereocenters. The van der Waals surface area contributed by atoms with Gasteiger partial charge in [0.2, 0.25) is 0 Å². The van der Waals surface area contributed by atoms with E-state index >= 15 is 0 Å². The number of anilines is 1.